The first-order chi connectivity index (χ1) is 9.24. The Hall–Kier alpha value is -2.49. The third kappa shape index (κ3) is 1.73. The van der Waals surface area contributed by atoms with E-state index in [4.69, 9.17) is 15.2 Å². The highest BCUT2D eigenvalue weighted by Gasteiger charge is 2.11. The van der Waals surface area contributed by atoms with Gasteiger partial charge in [-0.15, -0.1) is 0 Å². The van der Waals surface area contributed by atoms with Gasteiger partial charge in [0.25, 0.3) is 0 Å². The van der Waals surface area contributed by atoms with Crippen molar-refractivity contribution in [2.45, 2.75) is 0 Å². The third-order valence-electron chi connectivity index (χ3n) is 3.23. The topological polar surface area (TPSA) is 57.4 Å². The lowest BCUT2D eigenvalue weighted by atomic mass is 10.1. The van der Waals surface area contributed by atoms with E-state index in [0.29, 0.717) is 11.6 Å². The van der Waals surface area contributed by atoms with Gasteiger partial charge >= 0.3 is 0 Å². The molecular weight excluding hydrogens is 240 g/mol. The monoisotopic (exact) mass is 254 g/mol. The van der Waals surface area contributed by atoms with Crippen LogP contribution in [0.3, 0.4) is 0 Å². The highest BCUT2D eigenvalue weighted by atomic mass is 16.5. The van der Waals surface area contributed by atoms with Gasteiger partial charge < -0.3 is 15.2 Å². The highest BCUT2D eigenvalue weighted by molar-refractivity contribution is 6.11. The summed E-state index contributed by atoms with van der Waals surface area (Å²) < 4.78 is 10.7. The van der Waals surface area contributed by atoms with Crippen LogP contribution in [-0.2, 0) is 0 Å². The average molecular weight is 254 g/mol. The zero-order valence-corrected chi connectivity index (χ0v) is 10.8. The zero-order valence-electron chi connectivity index (χ0n) is 10.8. The Bertz CT molecular complexity index is 769. The van der Waals surface area contributed by atoms with E-state index >= 15 is 0 Å². The smallest absolute Gasteiger partial charge is 0.148 e. The van der Waals surface area contributed by atoms with E-state index in [9.17, 15) is 0 Å². The van der Waals surface area contributed by atoms with Crippen LogP contribution in [0, 0.1) is 0 Å². The molecule has 0 saturated heterocycles. The van der Waals surface area contributed by atoms with Crippen molar-refractivity contribution in [3.63, 3.8) is 0 Å². The molecule has 3 aromatic rings. The van der Waals surface area contributed by atoms with Gasteiger partial charge in [-0.05, 0) is 11.5 Å². The van der Waals surface area contributed by atoms with Gasteiger partial charge in [0.15, 0.2) is 0 Å². The maximum Gasteiger partial charge on any atom is 0.148 e. The molecule has 0 amide bonds. The molecule has 0 radical (unpaired) electrons. The Morgan fingerprint density at radius 2 is 1.68 bits per heavy atom. The number of nitrogens with zero attached hydrogens (tertiary/aromatic N) is 1. The lowest BCUT2D eigenvalue weighted by Crippen LogP contribution is -1.96. The molecule has 0 aliphatic carbocycles. The second-order valence-electron chi connectivity index (χ2n) is 4.27. The fourth-order valence-corrected chi connectivity index (χ4v) is 2.30. The molecule has 19 heavy (non-hydrogen) atoms. The van der Waals surface area contributed by atoms with Crippen LogP contribution >= 0.6 is 0 Å². The maximum absolute atomic E-state index is 6.02. The summed E-state index contributed by atoms with van der Waals surface area (Å²) in [7, 11) is 3.24. The molecule has 0 aliphatic heterocycles. The molecule has 4 heteroatoms. The van der Waals surface area contributed by atoms with Crippen molar-refractivity contribution in [1.29, 1.82) is 0 Å². The Morgan fingerprint density at radius 1 is 0.947 bits per heavy atom. The summed E-state index contributed by atoms with van der Waals surface area (Å²) in [5.74, 6) is 1.90. The number of aromatic nitrogens is 1. The summed E-state index contributed by atoms with van der Waals surface area (Å²) in [5.41, 5.74) is 6.77. The van der Waals surface area contributed by atoms with E-state index in [1.807, 2.05) is 36.4 Å². The molecule has 1 heterocycles. The SMILES string of the molecule is COc1cc(OC)c2nc(N)c3ccccc3c2c1. The van der Waals surface area contributed by atoms with Crippen LogP contribution < -0.4 is 15.2 Å². The minimum atomic E-state index is 0.506. The number of ether oxygens (including phenoxy) is 2. The number of rotatable bonds is 2. The van der Waals surface area contributed by atoms with E-state index < -0.39 is 0 Å². The molecule has 0 unspecified atom stereocenters. The number of nitrogen functional groups attached to an aromatic ring is 1. The number of pyridine rings is 1. The Labute approximate surface area is 110 Å². The molecule has 2 aromatic carbocycles. The van der Waals surface area contributed by atoms with Gasteiger partial charge in [0.2, 0.25) is 0 Å². The number of fused-ring (bicyclic) bond motifs is 3. The summed E-state index contributed by atoms with van der Waals surface area (Å²) in [6.45, 7) is 0. The second-order valence-corrected chi connectivity index (χ2v) is 4.27. The summed E-state index contributed by atoms with van der Waals surface area (Å²) in [6.07, 6.45) is 0. The Morgan fingerprint density at radius 3 is 2.37 bits per heavy atom. The standard InChI is InChI=1S/C15H14N2O2/c1-18-9-7-12-10-5-3-4-6-11(10)15(16)17-14(12)13(8-9)19-2/h3-8H,1-2H3,(H2,16,17). The minimum absolute atomic E-state index is 0.506. The molecule has 0 aliphatic rings. The van der Waals surface area contributed by atoms with Gasteiger partial charge in [-0.3, -0.25) is 0 Å². The quantitative estimate of drug-likeness (QED) is 0.714. The van der Waals surface area contributed by atoms with Crippen molar-refractivity contribution in [2.24, 2.45) is 0 Å². The molecule has 96 valence electrons. The van der Waals surface area contributed by atoms with Crippen LogP contribution in [0.2, 0.25) is 0 Å². The van der Waals surface area contributed by atoms with E-state index in [1.165, 1.54) is 0 Å². The highest BCUT2D eigenvalue weighted by Crippen LogP contribution is 2.35. The number of anilines is 1. The third-order valence-corrected chi connectivity index (χ3v) is 3.23. The number of benzene rings is 2. The fraction of sp³-hybridized carbons (Fsp3) is 0.133. The molecule has 2 N–H and O–H groups in total. The number of hydrogen-bond acceptors (Lipinski definition) is 4. The minimum Gasteiger partial charge on any atom is -0.497 e. The largest absolute Gasteiger partial charge is 0.497 e. The van der Waals surface area contributed by atoms with Crippen LogP contribution in [0.5, 0.6) is 11.5 Å². The van der Waals surface area contributed by atoms with Gasteiger partial charge in [-0.2, -0.15) is 0 Å². The first-order valence-electron chi connectivity index (χ1n) is 5.94. The molecule has 4 nitrogen and oxygen atoms in total. The van der Waals surface area contributed by atoms with Gasteiger partial charge in [-0.1, -0.05) is 24.3 Å². The van der Waals surface area contributed by atoms with Crippen LogP contribution in [0.25, 0.3) is 21.7 Å². The maximum atomic E-state index is 6.02. The molecule has 1 aromatic heterocycles. The summed E-state index contributed by atoms with van der Waals surface area (Å²) in [6, 6.07) is 11.7. The summed E-state index contributed by atoms with van der Waals surface area (Å²) >= 11 is 0. The normalized spacial score (nSPS) is 10.8. The van der Waals surface area contributed by atoms with Crippen molar-refractivity contribution in [2.75, 3.05) is 20.0 Å². The van der Waals surface area contributed by atoms with Crippen LogP contribution in [0.15, 0.2) is 36.4 Å². The average Bonchev–Trinajstić information content (AvgIpc) is 2.47. The Balaban J connectivity index is 2.53. The lowest BCUT2D eigenvalue weighted by Gasteiger charge is -2.11. The lowest BCUT2D eigenvalue weighted by molar-refractivity contribution is 0.397. The van der Waals surface area contributed by atoms with Crippen LogP contribution in [0.4, 0.5) is 5.82 Å². The van der Waals surface area contributed by atoms with E-state index in [-0.39, 0.29) is 0 Å². The molecule has 3 rings (SSSR count). The van der Waals surface area contributed by atoms with Crippen molar-refractivity contribution < 1.29 is 9.47 Å². The van der Waals surface area contributed by atoms with Crippen LogP contribution in [-0.4, -0.2) is 19.2 Å². The second kappa shape index (κ2) is 4.31. The zero-order chi connectivity index (χ0) is 13.4. The van der Waals surface area contributed by atoms with Crippen molar-refractivity contribution >= 4 is 27.5 Å². The van der Waals surface area contributed by atoms with E-state index in [2.05, 4.69) is 4.98 Å². The predicted molar refractivity (Wildman–Crippen MR) is 76.8 cm³/mol. The number of methoxy groups -OCH3 is 2. The van der Waals surface area contributed by atoms with Gasteiger partial charge in [0, 0.05) is 16.8 Å². The first kappa shape index (κ1) is 11.6. The molecular formula is C15H14N2O2. The molecule has 0 atom stereocenters. The van der Waals surface area contributed by atoms with Gasteiger partial charge in [-0.25, -0.2) is 4.98 Å². The van der Waals surface area contributed by atoms with Crippen molar-refractivity contribution in [3.8, 4) is 11.5 Å². The summed E-state index contributed by atoms with van der Waals surface area (Å²) in [5, 5.41) is 2.95. The fourth-order valence-electron chi connectivity index (χ4n) is 2.30. The number of hydrogen-bond donors (Lipinski definition) is 1. The van der Waals surface area contributed by atoms with E-state index in [0.717, 1.165) is 27.4 Å². The number of nitrogens with two attached hydrogens (primary N) is 1. The van der Waals surface area contributed by atoms with E-state index in [1.54, 1.807) is 14.2 Å². The van der Waals surface area contributed by atoms with Gasteiger partial charge in [0.05, 0.1) is 14.2 Å². The molecule has 0 fully saturated rings. The molecule has 0 saturated carbocycles. The van der Waals surface area contributed by atoms with Crippen LogP contribution in [0.1, 0.15) is 0 Å². The predicted octanol–water partition coefficient (Wildman–Crippen LogP) is 2.99. The molecule has 0 spiro atoms. The van der Waals surface area contributed by atoms with Crippen molar-refractivity contribution in [1.82, 2.24) is 4.98 Å². The Kier molecular flexibility index (Phi) is 2.63. The van der Waals surface area contributed by atoms with Crippen molar-refractivity contribution in [3.05, 3.63) is 36.4 Å². The summed E-state index contributed by atoms with van der Waals surface area (Å²) in [4.78, 5) is 4.45. The first-order valence-corrected chi connectivity index (χ1v) is 5.94. The molecule has 0 bridgehead atoms. The van der Waals surface area contributed by atoms with Gasteiger partial charge in [0.1, 0.15) is 22.8 Å².